The van der Waals surface area contributed by atoms with E-state index in [2.05, 4.69) is 21.2 Å². The molecule has 0 saturated carbocycles. The van der Waals surface area contributed by atoms with Crippen molar-refractivity contribution in [2.24, 2.45) is 0 Å². The van der Waals surface area contributed by atoms with Gasteiger partial charge in [-0.3, -0.25) is 4.79 Å². The molecule has 2 aromatic rings. The monoisotopic (exact) mass is 447 g/mol. The average Bonchev–Trinajstić information content (AvgIpc) is 3.20. The van der Waals surface area contributed by atoms with E-state index in [-0.39, 0.29) is 12.0 Å². The summed E-state index contributed by atoms with van der Waals surface area (Å²) in [4.78, 5) is 12.3. The highest BCUT2D eigenvalue weighted by Gasteiger charge is 2.17. The van der Waals surface area contributed by atoms with Gasteiger partial charge in [-0.25, -0.2) is 0 Å². The Kier molecular flexibility index (Phi) is 7.74. The smallest absolute Gasteiger partial charge is 0.224 e. The highest BCUT2D eigenvalue weighted by molar-refractivity contribution is 9.10. The Morgan fingerprint density at radius 3 is 2.86 bits per heavy atom. The van der Waals surface area contributed by atoms with Gasteiger partial charge in [0.05, 0.1) is 22.9 Å². The van der Waals surface area contributed by atoms with Gasteiger partial charge in [0, 0.05) is 13.0 Å². The maximum Gasteiger partial charge on any atom is 0.224 e. The van der Waals surface area contributed by atoms with Gasteiger partial charge in [-0.15, -0.1) is 0 Å². The van der Waals surface area contributed by atoms with Gasteiger partial charge in [0.25, 0.3) is 0 Å². The molecule has 1 heterocycles. The Labute approximate surface area is 174 Å². The molecule has 150 valence electrons. The minimum Gasteiger partial charge on any atom is -0.492 e. The molecular formula is C22H26BrNO4. The molecule has 0 aromatic heterocycles. The summed E-state index contributed by atoms with van der Waals surface area (Å²) >= 11 is 3.45. The van der Waals surface area contributed by atoms with Crippen LogP contribution < -0.4 is 14.8 Å². The Hall–Kier alpha value is -2.05. The Bertz CT molecular complexity index is 790. The first-order chi connectivity index (χ1) is 13.6. The van der Waals surface area contributed by atoms with Gasteiger partial charge < -0.3 is 19.5 Å². The van der Waals surface area contributed by atoms with E-state index in [9.17, 15) is 4.79 Å². The van der Waals surface area contributed by atoms with Crippen LogP contribution >= 0.6 is 15.9 Å². The normalized spacial score (nSPS) is 16.0. The molecule has 1 fully saturated rings. The topological polar surface area (TPSA) is 56.8 Å². The minimum atomic E-state index is -0.0541. The van der Waals surface area contributed by atoms with Crippen molar-refractivity contribution in [1.82, 2.24) is 0 Å². The van der Waals surface area contributed by atoms with Gasteiger partial charge >= 0.3 is 0 Å². The largest absolute Gasteiger partial charge is 0.492 e. The van der Waals surface area contributed by atoms with Crippen molar-refractivity contribution in [3.05, 3.63) is 52.5 Å². The summed E-state index contributed by atoms with van der Waals surface area (Å²) < 4.78 is 18.2. The van der Waals surface area contributed by atoms with Gasteiger partial charge in [-0.1, -0.05) is 18.2 Å². The van der Waals surface area contributed by atoms with Crippen molar-refractivity contribution in [3.8, 4) is 11.5 Å². The van der Waals surface area contributed by atoms with Gasteiger partial charge in [0.2, 0.25) is 5.91 Å². The second-order valence-corrected chi connectivity index (χ2v) is 7.73. The fourth-order valence-corrected chi connectivity index (χ4v) is 3.40. The number of carbonyl (C=O) groups excluding carboxylic acids is 1. The summed E-state index contributed by atoms with van der Waals surface area (Å²) in [5.74, 6) is 1.42. The lowest BCUT2D eigenvalue weighted by atomic mass is 10.2. The van der Waals surface area contributed by atoms with E-state index in [1.54, 1.807) is 0 Å². The maximum atomic E-state index is 12.3. The summed E-state index contributed by atoms with van der Waals surface area (Å²) in [6.07, 6.45) is 3.24. The fraction of sp³-hybridized carbons (Fsp3) is 0.409. The number of halogens is 1. The van der Waals surface area contributed by atoms with E-state index in [0.717, 1.165) is 35.2 Å². The number of benzene rings is 2. The van der Waals surface area contributed by atoms with Crippen LogP contribution in [0.5, 0.6) is 11.5 Å². The predicted molar refractivity (Wildman–Crippen MR) is 113 cm³/mol. The third-order valence-corrected chi connectivity index (χ3v) is 5.16. The molecule has 1 unspecified atom stereocenters. The van der Waals surface area contributed by atoms with E-state index < -0.39 is 0 Å². The molecule has 1 N–H and O–H groups in total. The Balaban J connectivity index is 1.47. The van der Waals surface area contributed by atoms with Crippen LogP contribution in [-0.2, 0) is 9.53 Å². The molecule has 0 spiro atoms. The first-order valence-corrected chi connectivity index (χ1v) is 10.4. The minimum absolute atomic E-state index is 0.0541. The van der Waals surface area contributed by atoms with Crippen LogP contribution in [0.25, 0.3) is 0 Å². The summed E-state index contributed by atoms with van der Waals surface area (Å²) in [7, 11) is 0. The first kappa shape index (κ1) is 20.7. The number of aryl methyl sites for hydroxylation is 1. The zero-order valence-electron chi connectivity index (χ0n) is 16.1. The number of hydrogen-bond donors (Lipinski definition) is 1. The third kappa shape index (κ3) is 6.24. The highest BCUT2D eigenvalue weighted by Crippen LogP contribution is 2.27. The molecule has 2 aromatic carbocycles. The van der Waals surface area contributed by atoms with Crippen LogP contribution in [0.1, 0.15) is 31.2 Å². The molecule has 1 aliphatic rings. The quantitative estimate of drug-likeness (QED) is 0.542. The maximum absolute atomic E-state index is 12.3. The van der Waals surface area contributed by atoms with Crippen LogP contribution in [0.15, 0.2) is 46.9 Å². The summed E-state index contributed by atoms with van der Waals surface area (Å²) in [6.45, 7) is 3.79. The van der Waals surface area contributed by atoms with Gasteiger partial charge in [-0.2, -0.15) is 0 Å². The number of hydrogen-bond acceptors (Lipinski definition) is 4. The predicted octanol–water partition coefficient (Wildman–Crippen LogP) is 5.11. The van der Waals surface area contributed by atoms with Crippen molar-refractivity contribution in [2.45, 2.75) is 38.7 Å². The third-order valence-electron chi connectivity index (χ3n) is 4.50. The number of anilines is 1. The molecule has 28 heavy (non-hydrogen) atoms. The van der Waals surface area contributed by atoms with E-state index >= 15 is 0 Å². The number of carbonyl (C=O) groups is 1. The molecule has 1 aliphatic heterocycles. The summed E-state index contributed by atoms with van der Waals surface area (Å²) in [6, 6.07) is 13.5. The molecule has 1 saturated heterocycles. The van der Waals surface area contributed by atoms with E-state index in [1.165, 1.54) is 0 Å². The second-order valence-electron chi connectivity index (χ2n) is 6.88. The molecule has 0 radical (unpaired) electrons. The number of para-hydroxylation sites is 1. The van der Waals surface area contributed by atoms with Crippen LogP contribution in [-0.4, -0.2) is 31.8 Å². The SMILES string of the molecule is Cc1ccc(NC(=O)CCCOc2ccccc2Br)c(OCC2CCCO2)c1. The average molecular weight is 448 g/mol. The zero-order valence-corrected chi connectivity index (χ0v) is 17.7. The molecule has 0 bridgehead atoms. The molecule has 0 aliphatic carbocycles. The lowest BCUT2D eigenvalue weighted by molar-refractivity contribution is -0.116. The first-order valence-electron chi connectivity index (χ1n) is 9.64. The van der Waals surface area contributed by atoms with E-state index in [4.69, 9.17) is 14.2 Å². The van der Waals surface area contributed by atoms with Crippen molar-refractivity contribution >= 4 is 27.5 Å². The molecule has 1 atom stereocenters. The summed E-state index contributed by atoms with van der Waals surface area (Å²) in [5.41, 5.74) is 1.78. The standard InChI is InChI=1S/C22H26BrNO4/c1-16-10-11-19(21(14-16)28-15-17-6-4-12-26-17)24-22(25)9-5-13-27-20-8-3-2-7-18(20)23/h2-3,7-8,10-11,14,17H,4-6,9,12-13,15H2,1H3,(H,24,25). The zero-order chi connectivity index (χ0) is 19.8. The van der Waals surface area contributed by atoms with Crippen molar-refractivity contribution in [2.75, 3.05) is 25.1 Å². The lowest BCUT2D eigenvalue weighted by Gasteiger charge is -2.16. The fourth-order valence-electron chi connectivity index (χ4n) is 3.00. The highest BCUT2D eigenvalue weighted by atomic mass is 79.9. The number of amides is 1. The number of nitrogens with one attached hydrogen (secondary N) is 1. The number of ether oxygens (including phenoxy) is 3. The van der Waals surface area contributed by atoms with Crippen LogP contribution in [0.3, 0.4) is 0 Å². The summed E-state index contributed by atoms with van der Waals surface area (Å²) in [5, 5.41) is 2.95. The van der Waals surface area contributed by atoms with Crippen LogP contribution in [0.2, 0.25) is 0 Å². The van der Waals surface area contributed by atoms with Crippen molar-refractivity contribution in [1.29, 1.82) is 0 Å². The molecule has 6 heteroatoms. The number of rotatable bonds is 9. The van der Waals surface area contributed by atoms with Crippen molar-refractivity contribution in [3.63, 3.8) is 0 Å². The Morgan fingerprint density at radius 1 is 1.21 bits per heavy atom. The van der Waals surface area contributed by atoms with Crippen LogP contribution in [0.4, 0.5) is 5.69 Å². The second kappa shape index (κ2) is 10.5. The Morgan fingerprint density at radius 2 is 2.07 bits per heavy atom. The van der Waals surface area contributed by atoms with E-state index in [0.29, 0.717) is 37.5 Å². The van der Waals surface area contributed by atoms with Gasteiger partial charge in [-0.05, 0) is 71.9 Å². The molecular weight excluding hydrogens is 422 g/mol. The van der Waals surface area contributed by atoms with Crippen molar-refractivity contribution < 1.29 is 19.0 Å². The van der Waals surface area contributed by atoms with Gasteiger partial charge in [0.1, 0.15) is 18.1 Å². The molecule has 3 rings (SSSR count). The lowest BCUT2D eigenvalue weighted by Crippen LogP contribution is -2.18. The van der Waals surface area contributed by atoms with E-state index in [1.807, 2.05) is 49.4 Å². The van der Waals surface area contributed by atoms with Crippen LogP contribution in [0, 0.1) is 6.92 Å². The molecule has 5 nitrogen and oxygen atoms in total. The van der Waals surface area contributed by atoms with Gasteiger partial charge in [0.15, 0.2) is 0 Å². The molecule has 1 amide bonds.